The lowest BCUT2D eigenvalue weighted by atomic mass is 10.1. The zero-order valence-corrected chi connectivity index (χ0v) is 14.5. The maximum atomic E-state index is 3.29. The molecule has 0 aliphatic rings. The normalized spacial score (nSPS) is 12.7. The Labute approximate surface area is 132 Å². The van der Waals surface area contributed by atoms with Gasteiger partial charge in [0.2, 0.25) is 0 Å². The summed E-state index contributed by atoms with van der Waals surface area (Å²) in [7, 11) is 2.02. The van der Waals surface area contributed by atoms with Crippen LogP contribution in [0.25, 0.3) is 0 Å². The molecule has 1 atom stereocenters. The van der Waals surface area contributed by atoms with E-state index in [9.17, 15) is 0 Å². The van der Waals surface area contributed by atoms with Crippen molar-refractivity contribution < 1.29 is 0 Å². The molecule has 2 nitrogen and oxygen atoms in total. The van der Waals surface area contributed by atoms with Crippen LogP contribution < -0.4 is 5.32 Å². The van der Waals surface area contributed by atoms with Crippen LogP contribution in [0.4, 0.5) is 0 Å². The Morgan fingerprint density at radius 3 is 2.10 bits per heavy atom. The number of hydrogen-bond donors (Lipinski definition) is 1. The summed E-state index contributed by atoms with van der Waals surface area (Å²) in [6.45, 7) is 5.67. The summed E-state index contributed by atoms with van der Waals surface area (Å²) in [6.07, 6.45) is 18.6. The topological polar surface area (TPSA) is 17.0 Å². The van der Waals surface area contributed by atoms with E-state index in [1.165, 1.54) is 76.3 Å². The van der Waals surface area contributed by atoms with Crippen molar-refractivity contribution in [2.75, 3.05) is 7.05 Å². The summed E-state index contributed by atoms with van der Waals surface area (Å²) in [6, 6.07) is 2.69. The van der Waals surface area contributed by atoms with Gasteiger partial charge < -0.3 is 9.88 Å². The van der Waals surface area contributed by atoms with E-state index in [0.29, 0.717) is 6.04 Å². The number of aryl methyl sites for hydroxylation is 1. The lowest BCUT2D eigenvalue weighted by molar-refractivity contribution is 0.534. The second-order valence-electron chi connectivity index (χ2n) is 6.38. The summed E-state index contributed by atoms with van der Waals surface area (Å²) in [5, 5.41) is 3.29. The van der Waals surface area contributed by atoms with Gasteiger partial charge in [0.1, 0.15) is 0 Å². The highest BCUT2D eigenvalue weighted by molar-refractivity contribution is 5.14. The highest BCUT2D eigenvalue weighted by Crippen LogP contribution is 2.14. The van der Waals surface area contributed by atoms with Crippen molar-refractivity contribution in [2.45, 2.75) is 90.6 Å². The third kappa shape index (κ3) is 8.31. The molecular weight excluding hydrogens is 256 g/mol. The van der Waals surface area contributed by atoms with Crippen molar-refractivity contribution in [3.8, 4) is 0 Å². The Bertz CT molecular complexity index is 343. The van der Waals surface area contributed by atoms with Crippen molar-refractivity contribution in [1.29, 1.82) is 0 Å². The molecule has 1 aromatic heterocycles. The molecule has 21 heavy (non-hydrogen) atoms. The van der Waals surface area contributed by atoms with E-state index in [-0.39, 0.29) is 0 Å². The molecule has 1 rings (SSSR count). The second kappa shape index (κ2) is 11.9. The molecule has 122 valence electrons. The molecule has 0 saturated heterocycles. The summed E-state index contributed by atoms with van der Waals surface area (Å²) in [5.41, 5.74) is 1.39. The number of nitrogens with zero attached hydrogens (tertiary/aromatic N) is 1. The van der Waals surface area contributed by atoms with E-state index in [0.717, 1.165) is 0 Å². The van der Waals surface area contributed by atoms with Crippen LogP contribution in [0.5, 0.6) is 0 Å². The van der Waals surface area contributed by atoms with Gasteiger partial charge in [-0.05, 0) is 32.0 Å². The van der Waals surface area contributed by atoms with Gasteiger partial charge in [0.05, 0.1) is 0 Å². The smallest absolute Gasteiger partial charge is 0.0304 e. The third-order valence-electron chi connectivity index (χ3n) is 4.48. The quantitative estimate of drug-likeness (QED) is 0.462. The predicted molar refractivity (Wildman–Crippen MR) is 93.8 cm³/mol. The fraction of sp³-hybridized carbons (Fsp3) is 0.789. The van der Waals surface area contributed by atoms with Gasteiger partial charge in [-0.2, -0.15) is 0 Å². The Morgan fingerprint density at radius 1 is 0.952 bits per heavy atom. The van der Waals surface area contributed by atoms with Gasteiger partial charge in [0, 0.05) is 25.0 Å². The molecule has 0 spiro atoms. The molecule has 1 unspecified atom stereocenters. The number of rotatable bonds is 13. The monoisotopic (exact) mass is 292 g/mol. The van der Waals surface area contributed by atoms with Crippen LogP contribution in [0.3, 0.4) is 0 Å². The molecule has 1 aromatic rings. The Morgan fingerprint density at radius 2 is 1.52 bits per heavy atom. The third-order valence-corrected chi connectivity index (χ3v) is 4.48. The first kappa shape index (κ1) is 18.3. The molecule has 2 heteroatoms. The maximum absolute atomic E-state index is 3.29. The van der Waals surface area contributed by atoms with Crippen LogP contribution >= 0.6 is 0 Å². The lowest BCUT2D eigenvalue weighted by Crippen LogP contribution is -2.11. The number of unbranched alkanes of at least 4 members (excludes halogenated alkanes) is 9. The molecule has 0 radical (unpaired) electrons. The highest BCUT2D eigenvalue weighted by atomic mass is 14.9. The van der Waals surface area contributed by atoms with Gasteiger partial charge in [-0.3, -0.25) is 0 Å². The highest BCUT2D eigenvalue weighted by Gasteiger charge is 2.03. The minimum atomic E-state index is 0.457. The van der Waals surface area contributed by atoms with E-state index in [2.05, 4.69) is 42.2 Å². The van der Waals surface area contributed by atoms with Crippen molar-refractivity contribution in [1.82, 2.24) is 9.88 Å². The first-order chi connectivity index (χ1) is 10.3. The average molecular weight is 293 g/mol. The first-order valence-electron chi connectivity index (χ1n) is 9.11. The molecular formula is C19H36N2. The molecule has 1 N–H and O–H groups in total. The standard InChI is InChI=1S/C19H36N2/c1-4-5-6-7-8-9-10-11-12-13-15-21-16-14-19(17-21)18(2)20-3/h14,16-18,20H,4-13,15H2,1-3H3. The van der Waals surface area contributed by atoms with Gasteiger partial charge >= 0.3 is 0 Å². The minimum Gasteiger partial charge on any atom is -0.354 e. The molecule has 0 aromatic carbocycles. The van der Waals surface area contributed by atoms with Gasteiger partial charge in [-0.1, -0.05) is 64.7 Å². The van der Waals surface area contributed by atoms with E-state index in [1.807, 2.05) is 7.05 Å². The fourth-order valence-corrected chi connectivity index (χ4v) is 2.80. The molecule has 0 fully saturated rings. The Hall–Kier alpha value is -0.760. The van der Waals surface area contributed by atoms with Crippen molar-refractivity contribution in [3.63, 3.8) is 0 Å². The number of aromatic nitrogens is 1. The zero-order valence-electron chi connectivity index (χ0n) is 14.5. The predicted octanol–water partition coefficient (Wildman–Crippen LogP) is 5.69. The van der Waals surface area contributed by atoms with Crippen LogP contribution in [0.1, 0.15) is 89.7 Å². The van der Waals surface area contributed by atoms with Crippen molar-refractivity contribution >= 4 is 0 Å². The lowest BCUT2D eigenvalue weighted by Gasteiger charge is -2.07. The maximum Gasteiger partial charge on any atom is 0.0304 e. The number of hydrogen-bond acceptors (Lipinski definition) is 1. The largest absolute Gasteiger partial charge is 0.354 e. The van der Waals surface area contributed by atoms with Crippen LogP contribution in [0, 0.1) is 0 Å². The van der Waals surface area contributed by atoms with Gasteiger partial charge in [-0.15, -0.1) is 0 Å². The molecule has 0 bridgehead atoms. The van der Waals surface area contributed by atoms with Gasteiger partial charge in [0.15, 0.2) is 0 Å². The first-order valence-corrected chi connectivity index (χ1v) is 9.11. The van der Waals surface area contributed by atoms with Crippen molar-refractivity contribution in [2.24, 2.45) is 0 Å². The molecule has 0 aliphatic carbocycles. The fourth-order valence-electron chi connectivity index (χ4n) is 2.80. The summed E-state index contributed by atoms with van der Waals surface area (Å²) in [4.78, 5) is 0. The van der Waals surface area contributed by atoms with Crippen LogP contribution in [-0.2, 0) is 6.54 Å². The summed E-state index contributed by atoms with van der Waals surface area (Å²) >= 11 is 0. The Kier molecular flexibility index (Phi) is 10.3. The minimum absolute atomic E-state index is 0.457. The molecule has 0 saturated carbocycles. The molecule has 0 aliphatic heterocycles. The Balaban J connectivity index is 1.95. The van der Waals surface area contributed by atoms with Crippen LogP contribution in [0.2, 0.25) is 0 Å². The van der Waals surface area contributed by atoms with Gasteiger partial charge in [-0.25, -0.2) is 0 Å². The van der Waals surface area contributed by atoms with E-state index in [4.69, 9.17) is 0 Å². The molecule has 1 heterocycles. The van der Waals surface area contributed by atoms with E-state index < -0.39 is 0 Å². The number of nitrogens with one attached hydrogen (secondary N) is 1. The summed E-state index contributed by atoms with van der Waals surface area (Å²) < 4.78 is 2.34. The average Bonchev–Trinajstić information content (AvgIpc) is 2.97. The zero-order chi connectivity index (χ0) is 15.3. The van der Waals surface area contributed by atoms with Crippen LogP contribution in [-0.4, -0.2) is 11.6 Å². The summed E-state index contributed by atoms with van der Waals surface area (Å²) in [5.74, 6) is 0. The van der Waals surface area contributed by atoms with Gasteiger partial charge in [0.25, 0.3) is 0 Å². The second-order valence-corrected chi connectivity index (χ2v) is 6.38. The molecule has 0 amide bonds. The van der Waals surface area contributed by atoms with Crippen molar-refractivity contribution in [3.05, 3.63) is 24.0 Å². The van der Waals surface area contributed by atoms with E-state index >= 15 is 0 Å². The van der Waals surface area contributed by atoms with Crippen LogP contribution in [0.15, 0.2) is 18.5 Å². The van der Waals surface area contributed by atoms with E-state index in [1.54, 1.807) is 0 Å². The SMILES string of the molecule is CCCCCCCCCCCCn1ccc(C(C)NC)c1.